The molecule has 0 aromatic rings. The van der Waals surface area contributed by atoms with Gasteiger partial charge in [0.15, 0.2) is 16.6 Å². The summed E-state index contributed by atoms with van der Waals surface area (Å²) >= 11 is 0. The van der Waals surface area contributed by atoms with Crippen molar-refractivity contribution in [1.29, 1.82) is 0 Å². The van der Waals surface area contributed by atoms with Crippen LogP contribution in [0.15, 0.2) is 11.6 Å². The zero-order chi connectivity index (χ0) is 20.9. The van der Waals surface area contributed by atoms with Crippen molar-refractivity contribution in [3.05, 3.63) is 11.6 Å². The molecule has 2 aliphatic carbocycles. The quantitative estimate of drug-likeness (QED) is 0.428. The zero-order valence-corrected chi connectivity index (χ0v) is 21.5. The van der Waals surface area contributed by atoms with Gasteiger partial charge in [-0.05, 0) is 61.9 Å². The zero-order valence-electron chi connectivity index (χ0n) is 19.5. The first kappa shape index (κ1) is 23.3. The standard InChI is InChI=1S/C22H44O3Si2/c1-20(2,3)26(7,8)24-18-15-17(11-14-23)16-19(22(18)12-13-22)25-27(9,10)21(4,5)6/h11,18-19,23H,12-16H2,1-10H3/t18-,19-/m1/s1. The molecule has 158 valence electrons. The smallest absolute Gasteiger partial charge is 0.192 e. The van der Waals surface area contributed by atoms with Gasteiger partial charge in [0.1, 0.15) is 0 Å². The van der Waals surface area contributed by atoms with Crippen molar-refractivity contribution in [3.8, 4) is 0 Å². The van der Waals surface area contributed by atoms with Gasteiger partial charge in [-0.3, -0.25) is 0 Å². The van der Waals surface area contributed by atoms with E-state index in [1.54, 1.807) is 0 Å². The summed E-state index contributed by atoms with van der Waals surface area (Å²) in [6.45, 7) is 23.4. The van der Waals surface area contributed by atoms with Crippen molar-refractivity contribution in [2.45, 2.75) is 116 Å². The predicted octanol–water partition coefficient (Wildman–Crippen LogP) is 6.26. The van der Waals surface area contributed by atoms with Crippen LogP contribution < -0.4 is 0 Å². The molecule has 2 rings (SSSR count). The molecule has 1 spiro atoms. The van der Waals surface area contributed by atoms with Gasteiger partial charge < -0.3 is 14.0 Å². The fourth-order valence-corrected chi connectivity index (χ4v) is 6.41. The molecule has 27 heavy (non-hydrogen) atoms. The molecule has 0 aromatic carbocycles. The van der Waals surface area contributed by atoms with Gasteiger partial charge in [0.25, 0.3) is 0 Å². The van der Waals surface area contributed by atoms with Crippen molar-refractivity contribution in [1.82, 2.24) is 0 Å². The van der Waals surface area contributed by atoms with Crippen LogP contribution in [0, 0.1) is 5.41 Å². The van der Waals surface area contributed by atoms with Gasteiger partial charge in [-0.1, -0.05) is 53.2 Å². The SMILES string of the molecule is CC(C)(C)[Si](C)(C)O[C@@H]1CC(=CCO)C[C@@H](O[Si](C)(C)C(C)(C)C)C12CC2. The number of hydrogen-bond acceptors (Lipinski definition) is 3. The third kappa shape index (κ3) is 4.80. The maximum absolute atomic E-state index is 9.52. The highest BCUT2D eigenvalue weighted by atomic mass is 28.4. The van der Waals surface area contributed by atoms with E-state index < -0.39 is 16.6 Å². The van der Waals surface area contributed by atoms with E-state index >= 15 is 0 Å². The van der Waals surface area contributed by atoms with E-state index in [0.29, 0.717) is 0 Å². The minimum atomic E-state index is -1.85. The molecule has 0 aliphatic heterocycles. The molecule has 3 nitrogen and oxygen atoms in total. The van der Waals surface area contributed by atoms with Crippen molar-refractivity contribution in [3.63, 3.8) is 0 Å². The molecule has 0 heterocycles. The highest BCUT2D eigenvalue weighted by Gasteiger charge is 2.61. The fourth-order valence-electron chi connectivity index (χ4n) is 3.64. The van der Waals surface area contributed by atoms with E-state index in [4.69, 9.17) is 8.85 Å². The van der Waals surface area contributed by atoms with Crippen LogP contribution in [0.4, 0.5) is 0 Å². The monoisotopic (exact) mass is 412 g/mol. The third-order valence-corrected chi connectivity index (χ3v) is 16.8. The van der Waals surface area contributed by atoms with Gasteiger partial charge in [0.05, 0.1) is 18.8 Å². The maximum atomic E-state index is 9.52. The summed E-state index contributed by atoms with van der Waals surface area (Å²) in [7, 11) is -3.70. The van der Waals surface area contributed by atoms with Gasteiger partial charge in [-0.2, -0.15) is 0 Å². The molecule has 0 amide bonds. The summed E-state index contributed by atoms with van der Waals surface area (Å²) in [4.78, 5) is 0. The second kappa shape index (κ2) is 7.39. The summed E-state index contributed by atoms with van der Waals surface area (Å²) in [5.41, 5.74) is 1.51. The predicted molar refractivity (Wildman–Crippen MR) is 120 cm³/mol. The molecule has 2 atom stereocenters. The lowest BCUT2D eigenvalue weighted by molar-refractivity contribution is -0.00962. The minimum absolute atomic E-state index is 0.113. The van der Waals surface area contributed by atoms with E-state index in [2.05, 4.69) is 67.7 Å². The first-order chi connectivity index (χ1) is 12.1. The van der Waals surface area contributed by atoms with Crippen LogP contribution in [0.25, 0.3) is 0 Å². The molecule has 2 aliphatic rings. The number of aliphatic hydroxyl groups is 1. The van der Waals surface area contributed by atoms with E-state index in [1.165, 1.54) is 18.4 Å². The molecule has 0 saturated heterocycles. The Morgan fingerprint density at radius 1 is 0.889 bits per heavy atom. The summed E-state index contributed by atoms with van der Waals surface area (Å²) in [6.07, 6.45) is 6.84. The van der Waals surface area contributed by atoms with Gasteiger partial charge >= 0.3 is 0 Å². The fraction of sp³-hybridized carbons (Fsp3) is 0.909. The highest BCUT2D eigenvalue weighted by molar-refractivity contribution is 6.74. The van der Waals surface area contributed by atoms with Crippen molar-refractivity contribution < 1.29 is 14.0 Å². The van der Waals surface area contributed by atoms with Gasteiger partial charge in [-0.25, -0.2) is 0 Å². The second-order valence-electron chi connectivity index (χ2n) is 11.9. The molecule has 5 heteroatoms. The van der Waals surface area contributed by atoms with Crippen molar-refractivity contribution >= 4 is 16.6 Å². The molecule has 1 N–H and O–H groups in total. The Kier molecular flexibility index (Phi) is 6.38. The molecule has 0 unspecified atom stereocenters. The molecular weight excluding hydrogens is 368 g/mol. The molecule has 0 bridgehead atoms. The molecule has 0 aromatic heterocycles. The average Bonchev–Trinajstić information content (AvgIpc) is 3.23. The normalized spacial score (nSPS) is 26.4. The highest BCUT2D eigenvalue weighted by Crippen LogP contribution is 2.61. The lowest BCUT2D eigenvalue weighted by atomic mass is 9.78. The summed E-state index contributed by atoms with van der Waals surface area (Å²) < 4.78 is 14.0. The molecular formula is C22H44O3Si2. The Morgan fingerprint density at radius 2 is 1.26 bits per heavy atom. The topological polar surface area (TPSA) is 38.7 Å². The second-order valence-corrected chi connectivity index (χ2v) is 21.4. The van der Waals surface area contributed by atoms with E-state index in [1.807, 2.05) is 6.08 Å². The van der Waals surface area contributed by atoms with Crippen molar-refractivity contribution in [2.24, 2.45) is 5.41 Å². The summed E-state index contributed by atoms with van der Waals surface area (Å²) in [5.74, 6) is 0. The van der Waals surface area contributed by atoms with Crippen LogP contribution in [0.2, 0.25) is 36.3 Å². The van der Waals surface area contributed by atoms with E-state index in [0.717, 1.165) is 12.8 Å². The van der Waals surface area contributed by atoms with Gasteiger partial charge in [-0.15, -0.1) is 0 Å². The van der Waals surface area contributed by atoms with Crippen LogP contribution in [0.5, 0.6) is 0 Å². The number of hydrogen-bond donors (Lipinski definition) is 1. The maximum Gasteiger partial charge on any atom is 0.192 e. The van der Waals surface area contributed by atoms with Gasteiger partial charge in [0, 0.05) is 5.41 Å². The first-order valence-corrected chi connectivity index (χ1v) is 16.5. The third-order valence-electron chi connectivity index (χ3n) is 7.87. The van der Waals surface area contributed by atoms with Gasteiger partial charge in [0.2, 0.25) is 0 Å². The Balaban J connectivity index is 2.32. The number of aliphatic hydroxyl groups excluding tert-OH is 1. The Bertz CT molecular complexity index is 521. The molecule has 0 radical (unpaired) electrons. The summed E-state index contributed by atoms with van der Waals surface area (Å²) in [5, 5.41) is 9.93. The van der Waals surface area contributed by atoms with Crippen LogP contribution >= 0.6 is 0 Å². The average molecular weight is 413 g/mol. The molecule has 2 fully saturated rings. The Morgan fingerprint density at radius 3 is 1.52 bits per heavy atom. The van der Waals surface area contributed by atoms with Crippen LogP contribution in [-0.2, 0) is 8.85 Å². The van der Waals surface area contributed by atoms with Crippen LogP contribution in [0.1, 0.15) is 67.2 Å². The Labute approximate surface area is 170 Å². The van der Waals surface area contributed by atoms with Crippen LogP contribution in [-0.4, -0.2) is 40.6 Å². The van der Waals surface area contributed by atoms with Crippen LogP contribution in [0.3, 0.4) is 0 Å². The largest absolute Gasteiger partial charge is 0.413 e. The minimum Gasteiger partial charge on any atom is -0.413 e. The summed E-state index contributed by atoms with van der Waals surface area (Å²) in [6, 6.07) is 0. The van der Waals surface area contributed by atoms with E-state index in [9.17, 15) is 5.11 Å². The van der Waals surface area contributed by atoms with E-state index in [-0.39, 0.29) is 34.3 Å². The lowest BCUT2D eigenvalue weighted by Gasteiger charge is -2.49. The lowest BCUT2D eigenvalue weighted by Crippen LogP contribution is -2.54. The Hall–Kier alpha value is 0.0538. The van der Waals surface area contributed by atoms with Crippen molar-refractivity contribution in [2.75, 3.05) is 6.61 Å². The first-order valence-electron chi connectivity index (χ1n) is 10.7. The molecule has 2 saturated carbocycles. The number of rotatable bonds is 5.